The summed E-state index contributed by atoms with van der Waals surface area (Å²) in [5, 5.41) is 4.48. The first kappa shape index (κ1) is 77.3. The van der Waals surface area contributed by atoms with Gasteiger partial charge in [-0.3, -0.25) is 9.13 Å². The molecule has 8 heteroatoms. The molecule has 0 fully saturated rings. The van der Waals surface area contributed by atoms with Gasteiger partial charge in [0.25, 0.3) is 0 Å². The number of benzene rings is 18. The first-order valence-corrected chi connectivity index (χ1v) is 46.6. The van der Waals surface area contributed by atoms with Crippen molar-refractivity contribution in [3.05, 3.63) is 481 Å². The predicted molar refractivity (Wildman–Crippen MR) is 552 cm³/mol. The molecular weight excluding hydrogens is 1630 g/mol. The zero-order valence-electron chi connectivity index (χ0n) is 75.0. The van der Waals surface area contributed by atoms with Gasteiger partial charge in [0.15, 0.2) is 0 Å². The van der Waals surface area contributed by atoms with Gasteiger partial charge in [-0.15, -0.1) is 0 Å². The van der Waals surface area contributed by atoms with E-state index in [-0.39, 0.29) is 10.8 Å². The third-order valence-corrected chi connectivity index (χ3v) is 30.2. The van der Waals surface area contributed by atoms with Crippen LogP contribution in [0.4, 0.5) is 34.1 Å². The normalized spacial score (nSPS) is 14.9. The highest BCUT2D eigenvalue weighted by Gasteiger charge is 2.53. The first-order valence-electron chi connectivity index (χ1n) is 46.6. The molecule has 4 heterocycles. The third-order valence-electron chi connectivity index (χ3n) is 30.2. The van der Waals surface area contributed by atoms with Crippen LogP contribution in [-0.2, 0) is 21.7 Å². The maximum absolute atomic E-state index is 5.91. The van der Waals surface area contributed by atoms with Gasteiger partial charge in [0, 0.05) is 89.6 Å². The highest BCUT2D eigenvalue weighted by atomic mass is 15.2. The molecule has 27 rings (SSSR count). The monoisotopic (exact) mass is 1710 g/mol. The fourth-order valence-electron chi connectivity index (χ4n) is 24.1. The Kier molecular flexibility index (Phi) is 16.7. The van der Waals surface area contributed by atoms with Gasteiger partial charge in [-0.05, 0) is 248 Å². The van der Waals surface area contributed by atoms with E-state index in [4.69, 9.17) is 19.9 Å². The van der Waals surface area contributed by atoms with Crippen molar-refractivity contribution < 1.29 is 0 Å². The van der Waals surface area contributed by atoms with E-state index in [1.807, 2.05) is 18.5 Å². The molecular formula is C126H88N8. The molecule has 0 saturated carbocycles. The molecule has 4 aromatic heterocycles. The van der Waals surface area contributed by atoms with E-state index in [0.29, 0.717) is 11.9 Å². The van der Waals surface area contributed by atoms with Crippen LogP contribution >= 0.6 is 0 Å². The first-order chi connectivity index (χ1) is 65.7. The summed E-state index contributed by atoms with van der Waals surface area (Å²) in [6, 6.07) is 154. The van der Waals surface area contributed by atoms with E-state index in [0.717, 1.165) is 123 Å². The molecule has 0 bridgehead atoms. The zero-order valence-corrected chi connectivity index (χ0v) is 75.0. The Morgan fingerprint density at radius 1 is 0.231 bits per heavy atom. The smallest absolute Gasteiger partial charge is 0.235 e. The molecule has 5 aliphatic carbocycles. The maximum Gasteiger partial charge on any atom is 0.235 e. The second-order valence-corrected chi connectivity index (χ2v) is 38.3. The number of aromatic nitrogens is 6. The van der Waals surface area contributed by atoms with Crippen molar-refractivity contribution >= 4 is 77.7 Å². The number of rotatable bonds is 13. The van der Waals surface area contributed by atoms with Gasteiger partial charge in [-0.25, -0.2) is 19.9 Å². The number of nitrogens with zero attached hydrogens (tertiary/aromatic N) is 8. The van der Waals surface area contributed by atoms with Crippen molar-refractivity contribution in [2.24, 2.45) is 0 Å². The van der Waals surface area contributed by atoms with Crippen LogP contribution in [0.15, 0.2) is 425 Å². The molecule has 632 valence electrons. The Labute approximate surface area is 778 Å². The number of fused-ring (bicyclic) bond motifs is 26. The van der Waals surface area contributed by atoms with E-state index < -0.39 is 10.8 Å². The zero-order chi connectivity index (χ0) is 89.2. The van der Waals surface area contributed by atoms with Gasteiger partial charge in [-0.2, -0.15) is 0 Å². The lowest BCUT2D eigenvalue weighted by atomic mass is 9.70. The Bertz CT molecular complexity index is 8620. The Morgan fingerprint density at radius 2 is 0.687 bits per heavy atom. The summed E-state index contributed by atoms with van der Waals surface area (Å²) in [5.41, 5.74) is 44.6. The SMILES string of the molecule is CC1(C)c2ccccc2-c2ccc(N(c3cccc4c3-c3ccccc3C43c4ccccc4-c4cc(-c5cccc(-c6cc(-c7ccccc7)nc(-n7c8ccc(N(c9ccc(-c%10ccccc%10)cc9)c9ccc(-c%10ccccc%10)cc9)cc8c8ccc9c(c87)C(C)(C)c7ccccc7-9)n6)c5)ccc43)c3cccc4c3c3cc5c(cc3n4-c3ncccn3)C(C)(C)c3ccccc3-5)cc21. The number of hydrogen-bond donors (Lipinski definition) is 0. The van der Waals surface area contributed by atoms with E-state index in [9.17, 15) is 0 Å². The molecule has 1 unspecified atom stereocenters. The quantitative estimate of drug-likeness (QED) is 0.115. The third kappa shape index (κ3) is 11.1. The van der Waals surface area contributed by atoms with Crippen LogP contribution < -0.4 is 9.80 Å². The van der Waals surface area contributed by atoms with Crippen LogP contribution in [0.25, 0.3) is 167 Å². The van der Waals surface area contributed by atoms with Crippen LogP contribution in [-0.4, -0.2) is 29.1 Å². The summed E-state index contributed by atoms with van der Waals surface area (Å²) in [5.74, 6) is 1.22. The van der Waals surface area contributed by atoms with E-state index in [1.54, 1.807) is 0 Å². The minimum atomic E-state index is -0.712. The molecule has 18 aromatic carbocycles. The van der Waals surface area contributed by atoms with Gasteiger partial charge in [0.1, 0.15) is 0 Å². The van der Waals surface area contributed by atoms with Crippen molar-refractivity contribution in [3.8, 4) is 123 Å². The summed E-state index contributed by atoms with van der Waals surface area (Å²) in [4.78, 5) is 26.8. The van der Waals surface area contributed by atoms with Gasteiger partial charge < -0.3 is 9.80 Å². The summed E-state index contributed by atoms with van der Waals surface area (Å²) in [6.07, 6.45) is 3.73. The second-order valence-electron chi connectivity index (χ2n) is 38.3. The van der Waals surface area contributed by atoms with Crippen LogP contribution in [0.1, 0.15) is 97.2 Å². The van der Waals surface area contributed by atoms with E-state index in [2.05, 4.69) is 467 Å². The van der Waals surface area contributed by atoms with Crippen LogP contribution in [0.5, 0.6) is 0 Å². The lowest BCUT2D eigenvalue weighted by Gasteiger charge is -2.32. The van der Waals surface area contributed by atoms with E-state index in [1.165, 1.54) is 122 Å². The second kappa shape index (κ2) is 28.9. The molecule has 5 aliphatic rings. The molecule has 134 heavy (non-hydrogen) atoms. The summed E-state index contributed by atoms with van der Waals surface area (Å²) in [6.45, 7) is 14.3. The van der Waals surface area contributed by atoms with Crippen molar-refractivity contribution in [2.45, 2.75) is 63.2 Å². The van der Waals surface area contributed by atoms with Crippen LogP contribution in [0, 0.1) is 0 Å². The average Bonchev–Trinajstić information content (AvgIpc) is 1.49. The fourth-order valence-corrected chi connectivity index (χ4v) is 24.1. The highest BCUT2D eigenvalue weighted by Crippen LogP contribution is 2.67. The van der Waals surface area contributed by atoms with Crippen LogP contribution in [0.2, 0.25) is 0 Å². The molecule has 1 spiro atoms. The van der Waals surface area contributed by atoms with Crippen LogP contribution in [0.3, 0.4) is 0 Å². The molecule has 0 amide bonds. The molecule has 0 N–H and O–H groups in total. The Balaban J connectivity index is 0.625. The Morgan fingerprint density at radius 3 is 1.35 bits per heavy atom. The van der Waals surface area contributed by atoms with E-state index >= 15 is 0 Å². The molecule has 22 aromatic rings. The lowest BCUT2D eigenvalue weighted by Crippen LogP contribution is -2.26. The highest BCUT2D eigenvalue weighted by molar-refractivity contribution is 6.20. The predicted octanol–water partition coefficient (Wildman–Crippen LogP) is 32.0. The fraction of sp³-hybridized carbons (Fsp3) is 0.0794. The lowest BCUT2D eigenvalue weighted by molar-refractivity contribution is 0.660. The number of anilines is 6. The molecule has 0 aliphatic heterocycles. The largest absolute Gasteiger partial charge is 0.310 e. The van der Waals surface area contributed by atoms with Crippen molar-refractivity contribution in [1.29, 1.82) is 0 Å². The molecule has 0 saturated heterocycles. The minimum absolute atomic E-state index is 0.250. The minimum Gasteiger partial charge on any atom is -0.310 e. The Hall–Kier alpha value is -16.7. The van der Waals surface area contributed by atoms with Gasteiger partial charge in [-0.1, -0.05) is 345 Å². The molecule has 8 nitrogen and oxygen atoms in total. The average molecular weight is 1710 g/mol. The maximum atomic E-state index is 5.91. The summed E-state index contributed by atoms with van der Waals surface area (Å²) >= 11 is 0. The van der Waals surface area contributed by atoms with Crippen molar-refractivity contribution in [2.75, 3.05) is 9.80 Å². The number of hydrogen-bond acceptors (Lipinski definition) is 6. The van der Waals surface area contributed by atoms with Crippen molar-refractivity contribution in [3.63, 3.8) is 0 Å². The molecule has 1 atom stereocenters. The topological polar surface area (TPSA) is 67.9 Å². The van der Waals surface area contributed by atoms with Gasteiger partial charge >= 0.3 is 0 Å². The summed E-state index contributed by atoms with van der Waals surface area (Å²) < 4.78 is 4.69. The standard InChI is InChI=1S/C126H88N8/c1-123(2)101-43-21-16-38-89(101)93-63-61-88(73-108(93)123)132(114-50-28-51-115-118(114)100-74-98-91-40-18-22-44-102(91)124(3,4)109(98)75-116(100)133(115)121-127-68-29-69-128-121)113-49-27-48-107-117(113)96-42-20-25-47-105(96)126(107)104-46-24-19-41-92(104)97-71-83(56-66-106(97)126)82-36-26-37-84(70-82)111-76-110(81-34-14-9-15-35-81)129-122(130-111)134-112-67-62-87(72-99(112)95-65-64-94-90-39-17-23-45-103(90)125(5,6)119(94)120(95)134)131(85-57-52-79(53-58-85)77-30-10-7-11-31-77)86-59-54-80(55-60-86)78-32-12-8-13-33-78/h7-76H,1-6H3. The van der Waals surface area contributed by atoms with Gasteiger partial charge in [0.2, 0.25) is 11.9 Å². The summed E-state index contributed by atoms with van der Waals surface area (Å²) in [7, 11) is 0. The van der Waals surface area contributed by atoms with Crippen molar-refractivity contribution in [1.82, 2.24) is 29.1 Å². The van der Waals surface area contributed by atoms with Gasteiger partial charge in [0.05, 0.1) is 50.2 Å². The molecule has 0 radical (unpaired) electrons.